The molecule has 1 fully saturated rings. The lowest BCUT2D eigenvalue weighted by Crippen LogP contribution is -2.32. The fourth-order valence-electron chi connectivity index (χ4n) is 3.27. The van der Waals surface area contributed by atoms with E-state index >= 15 is 0 Å². The summed E-state index contributed by atoms with van der Waals surface area (Å²) in [6.45, 7) is 3.26. The maximum Gasteiger partial charge on any atom is 0.177 e. The molecule has 3 aromatic rings. The molecule has 3 heterocycles. The Labute approximate surface area is 144 Å². The Morgan fingerprint density at radius 2 is 1.91 bits per heavy atom. The molecule has 0 amide bonds. The molecule has 0 bridgehead atoms. The Morgan fingerprint density at radius 3 is 2.65 bits per heavy atom. The van der Waals surface area contributed by atoms with Crippen LogP contribution in [0.2, 0.25) is 0 Å². The van der Waals surface area contributed by atoms with Crippen LogP contribution >= 0.6 is 15.9 Å². The zero-order chi connectivity index (χ0) is 15.6. The van der Waals surface area contributed by atoms with Crippen LogP contribution in [-0.4, -0.2) is 32.9 Å². The molecule has 0 saturated carbocycles. The van der Waals surface area contributed by atoms with Gasteiger partial charge in [-0.2, -0.15) is 0 Å². The van der Waals surface area contributed by atoms with Gasteiger partial charge < -0.3 is 4.98 Å². The standard InChI is InChI=1S/C18H19BrN4/c19-15-5-3-13(4-6-15)12-23-10-7-14(8-11-23)17-21-16-2-1-9-20-18(16)22-17/h1-6,9,14H,7-8,10-12H2,(H,20,21,22). The van der Waals surface area contributed by atoms with Crippen LogP contribution in [0.1, 0.15) is 30.1 Å². The van der Waals surface area contributed by atoms with Crippen molar-refractivity contribution in [3.8, 4) is 0 Å². The molecule has 23 heavy (non-hydrogen) atoms. The number of nitrogens with zero attached hydrogens (tertiary/aromatic N) is 3. The number of nitrogens with one attached hydrogen (secondary N) is 1. The first kappa shape index (κ1) is 14.8. The van der Waals surface area contributed by atoms with Gasteiger partial charge in [0, 0.05) is 23.1 Å². The van der Waals surface area contributed by atoms with E-state index in [-0.39, 0.29) is 0 Å². The molecule has 0 spiro atoms. The third-order valence-corrected chi connectivity index (χ3v) is 5.10. The van der Waals surface area contributed by atoms with E-state index in [1.807, 2.05) is 12.1 Å². The van der Waals surface area contributed by atoms with Crippen molar-refractivity contribution in [2.24, 2.45) is 0 Å². The average Bonchev–Trinajstić information content (AvgIpc) is 3.02. The number of imidazole rings is 1. The van der Waals surface area contributed by atoms with Crippen LogP contribution in [0, 0.1) is 0 Å². The lowest BCUT2D eigenvalue weighted by molar-refractivity contribution is 0.202. The minimum atomic E-state index is 0.519. The molecule has 5 heteroatoms. The molecule has 4 rings (SSSR count). The second kappa shape index (κ2) is 6.42. The summed E-state index contributed by atoms with van der Waals surface area (Å²) in [6, 6.07) is 12.6. The number of piperidine rings is 1. The van der Waals surface area contributed by atoms with Crippen LogP contribution in [0.5, 0.6) is 0 Å². The molecule has 1 N–H and O–H groups in total. The van der Waals surface area contributed by atoms with Gasteiger partial charge in [-0.3, -0.25) is 4.90 Å². The number of halogens is 1. The van der Waals surface area contributed by atoms with Gasteiger partial charge in [-0.25, -0.2) is 9.97 Å². The minimum Gasteiger partial charge on any atom is -0.340 e. The fraction of sp³-hybridized carbons (Fsp3) is 0.333. The first-order valence-electron chi connectivity index (χ1n) is 8.05. The van der Waals surface area contributed by atoms with E-state index < -0.39 is 0 Å². The predicted octanol–water partition coefficient (Wildman–Crippen LogP) is 4.10. The predicted molar refractivity (Wildman–Crippen MR) is 95.3 cm³/mol. The van der Waals surface area contributed by atoms with Crippen molar-refractivity contribution in [1.82, 2.24) is 19.9 Å². The smallest absolute Gasteiger partial charge is 0.177 e. The van der Waals surface area contributed by atoms with Gasteiger partial charge >= 0.3 is 0 Å². The van der Waals surface area contributed by atoms with Gasteiger partial charge in [0.05, 0.1) is 5.52 Å². The summed E-state index contributed by atoms with van der Waals surface area (Å²) in [6.07, 6.45) is 4.10. The van der Waals surface area contributed by atoms with Crippen molar-refractivity contribution >= 4 is 27.1 Å². The molecule has 118 valence electrons. The van der Waals surface area contributed by atoms with E-state index in [9.17, 15) is 0 Å². The molecule has 1 saturated heterocycles. The number of hydrogen-bond donors (Lipinski definition) is 1. The van der Waals surface area contributed by atoms with E-state index in [4.69, 9.17) is 0 Å². The van der Waals surface area contributed by atoms with Gasteiger partial charge in [-0.15, -0.1) is 0 Å². The molecule has 4 nitrogen and oxygen atoms in total. The van der Waals surface area contributed by atoms with E-state index in [0.29, 0.717) is 5.92 Å². The number of H-pyrrole nitrogens is 1. The summed E-state index contributed by atoms with van der Waals surface area (Å²) >= 11 is 3.49. The normalized spacial score (nSPS) is 16.9. The quantitative estimate of drug-likeness (QED) is 0.754. The van der Waals surface area contributed by atoms with Crippen molar-refractivity contribution in [3.63, 3.8) is 0 Å². The second-order valence-electron chi connectivity index (χ2n) is 6.17. The van der Waals surface area contributed by atoms with Crippen molar-refractivity contribution in [3.05, 3.63) is 58.5 Å². The van der Waals surface area contributed by atoms with E-state index in [2.05, 4.69) is 60.0 Å². The summed E-state index contributed by atoms with van der Waals surface area (Å²) in [5.74, 6) is 1.62. The number of aromatic amines is 1. The van der Waals surface area contributed by atoms with Crippen molar-refractivity contribution < 1.29 is 0 Å². The number of likely N-dealkylation sites (tertiary alicyclic amines) is 1. The third kappa shape index (κ3) is 3.31. The Kier molecular flexibility index (Phi) is 4.14. The van der Waals surface area contributed by atoms with Gasteiger partial charge in [0.15, 0.2) is 5.65 Å². The molecule has 0 atom stereocenters. The molecule has 1 aliphatic rings. The Hall–Kier alpha value is -1.72. The van der Waals surface area contributed by atoms with E-state index in [0.717, 1.165) is 53.9 Å². The van der Waals surface area contributed by atoms with E-state index in [1.165, 1.54) is 5.56 Å². The Balaban J connectivity index is 1.39. The number of fused-ring (bicyclic) bond motifs is 1. The Morgan fingerprint density at radius 1 is 1.13 bits per heavy atom. The maximum atomic E-state index is 4.66. The molecular weight excluding hydrogens is 352 g/mol. The topological polar surface area (TPSA) is 44.8 Å². The Bertz CT molecular complexity index is 755. The summed E-state index contributed by atoms with van der Waals surface area (Å²) in [4.78, 5) is 14.9. The number of hydrogen-bond acceptors (Lipinski definition) is 3. The average molecular weight is 371 g/mol. The fourth-order valence-corrected chi connectivity index (χ4v) is 3.53. The first-order valence-corrected chi connectivity index (χ1v) is 8.85. The van der Waals surface area contributed by atoms with Crippen LogP contribution in [-0.2, 0) is 6.54 Å². The SMILES string of the molecule is Brc1ccc(CN2CCC(c3nc4ncccc4[nH]3)CC2)cc1. The van der Waals surface area contributed by atoms with Crippen molar-refractivity contribution in [1.29, 1.82) is 0 Å². The number of rotatable bonds is 3. The summed E-state index contributed by atoms with van der Waals surface area (Å²) in [7, 11) is 0. The minimum absolute atomic E-state index is 0.519. The molecule has 0 aliphatic carbocycles. The molecule has 1 aromatic carbocycles. The number of pyridine rings is 1. The van der Waals surface area contributed by atoms with Crippen LogP contribution in [0.15, 0.2) is 47.1 Å². The van der Waals surface area contributed by atoms with Crippen molar-refractivity contribution in [2.75, 3.05) is 13.1 Å². The monoisotopic (exact) mass is 370 g/mol. The summed E-state index contributed by atoms with van der Waals surface area (Å²) in [5, 5.41) is 0. The van der Waals surface area contributed by atoms with Gasteiger partial charge in [0.2, 0.25) is 0 Å². The molecule has 2 aromatic heterocycles. The first-order chi connectivity index (χ1) is 11.3. The largest absolute Gasteiger partial charge is 0.340 e. The molecule has 0 radical (unpaired) electrons. The second-order valence-corrected chi connectivity index (χ2v) is 7.09. The maximum absolute atomic E-state index is 4.66. The highest BCUT2D eigenvalue weighted by molar-refractivity contribution is 9.10. The van der Waals surface area contributed by atoms with Crippen LogP contribution in [0.3, 0.4) is 0 Å². The van der Waals surface area contributed by atoms with Gasteiger partial charge in [0.25, 0.3) is 0 Å². The summed E-state index contributed by atoms with van der Waals surface area (Å²) < 4.78 is 1.14. The molecule has 0 unspecified atom stereocenters. The van der Waals surface area contributed by atoms with Crippen molar-refractivity contribution in [2.45, 2.75) is 25.3 Å². The lowest BCUT2D eigenvalue weighted by atomic mass is 9.96. The highest BCUT2D eigenvalue weighted by atomic mass is 79.9. The van der Waals surface area contributed by atoms with Gasteiger partial charge in [-0.1, -0.05) is 28.1 Å². The zero-order valence-corrected chi connectivity index (χ0v) is 14.5. The number of benzene rings is 1. The number of aromatic nitrogens is 3. The zero-order valence-electron chi connectivity index (χ0n) is 12.9. The highest BCUT2D eigenvalue weighted by Crippen LogP contribution is 2.28. The molecule has 1 aliphatic heterocycles. The third-order valence-electron chi connectivity index (χ3n) is 4.57. The van der Waals surface area contributed by atoms with Crippen LogP contribution < -0.4 is 0 Å². The van der Waals surface area contributed by atoms with Crippen LogP contribution in [0.25, 0.3) is 11.2 Å². The van der Waals surface area contributed by atoms with E-state index in [1.54, 1.807) is 6.20 Å². The molecular formula is C18H19BrN4. The highest BCUT2D eigenvalue weighted by Gasteiger charge is 2.23. The summed E-state index contributed by atoms with van der Waals surface area (Å²) in [5.41, 5.74) is 3.25. The van der Waals surface area contributed by atoms with Gasteiger partial charge in [0.1, 0.15) is 5.82 Å². The lowest BCUT2D eigenvalue weighted by Gasteiger charge is -2.31. The van der Waals surface area contributed by atoms with Gasteiger partial charge in [-0.05, 0) is 55.8 Å². The van der Waals surface area contributed by atoms with Crippen LogP contribution in [0.4, 0.5) is 0 Å².